The highest BCUT2D eigenvalue weighted by atomic mass is 16.7. The number of hydrogen-bond donors (Lipinski definition) is 7. The van der Waals surface area contributed by atoms with Crippen LogP contribution in [0.1, 0.15) is 162 Å². The van der Waals surface area contributed by atoms with Gasteiger partial charge in [-0.05, 0) is 64.2 Å². The highest BCUT2D eigenvalue weighted by Gasteiger charge is 2.47. The highest BCUT2D eigenvalue weighted by molar-refractivity contribution is 5.69. The summed E-state index contributed by atoms with van der Waals surface area (Å²) in [5, 5.41) is 72.0. The molecule has 0 spiro atoms. The fourth-order valence-corrected chi connectivity index (χ4v) is 7.76. The van der Waals surface area contributed by atoms with Gasteiger partial charge in [0.15, 0.2) is 12.6 Å². The molecule has 14 heteroatoms. The van der Waals surface area contributed by atoms with Crippen molar-refractivity contribution in [3.63, 3.8) is 0 Å². The minimum Gasteiger partial charge on any atom is -0.457 e. The normalized spacial score (nSPS) is 26.5. The molecule has 68 heavy (non-hydrogen) atoms. The van der Waals surface area contributed by atoms with E-state index in [4.69, 9.17) is 28.4 Å². The Morgan fingerprint density at radius 2 is 0.956 bits per heavy atom. The molecular weight excluding hydrogens is 873 g/mol. The van der Waals surface area contributed by atoms with Gasteiger partial charge in [0.25, 0.3) is 0 Å². The minimum atomic E-state index is -1.71. The van der Waals surface area contributed by atoms with E-state index in [9.17, 15) is 40.5 Å². The van der Waals surface area contributed by atoms with Crippen LogP contribution in [0.15, 0.2) is 72.9 Å². The van der Waals surface area contributed by atoms with Crippen LogP contribution < -0.4 is 0 Å². The first-order chi connectivity index (χ1) is 33.1. The molecular formula is C54H92O14. The molecule has 11 atom stereocenters. The van der Waals surface area contributed by atoms with E-state index in [1.165, 1.54) is 44.9 Å². The molecule has 2 heterocycles. The van der Waals surface area contributed by atoms with Gasteiger partial charge in [-0.2, -0.15) is 0 Å². The monoisotopic (exact) mass is 965 g/mol. The Hall–Kier alpha value is -2.57. The second kappa shape index (κ2) is 41.1. The van der Waals surface area contributed by atoms with Gasteiger partial charge < -0.3 is 64.2 Å². The average Bonchev–Trinajstić information content (AvgIpc) is 3.34. The van der Waals surface area contributed by atoms with Gasteiger partial charge in [-0.15, -0.1) is 0 Å². The van der Waals surface area contributed by atoms with Gasteiger partial charge >= 0.3 is 5.97 Å². The van der Waals surface area contributed by atoms with Crippen molar-refractivity contribution in [1.82, 2.24) is 0 Å². The molecule has 0 aromatic heterocycles. The fraction of sp³-hybridized carbons (Fsp3) is 0.759. The average molecular weight is 965 g/mol. The molecule has 2 aliphatic heterocycles. The summed E-state index contributed by atoms with van der Waals surface area (Å²) in [6.07, 6.45) is 34.2. The second-order valence-corrected chi connectivity index (χ2v) is 18.0. The lowest BCUT2D eigenvalue weighted by atomic mass is 9.98. The van der Waals surface area contributed by atoms with Crippen molar-refractivity contribution < 1.29 is 69.0 Å². The van der Waals surface area contributed by atoms with E-state index in [0.29, 0.717) is 13.0 Å². The maximum atomic E-state index is 12.9. The van der Waals surface area contributed by atoms with Gasteiger partial charge in [0.1, 0.15) is 54.9 Å². The number of esters is 1. The van der Waals surface area contributed by atoms with E-state index < -0.39 is 80.7 Å². The minimum absolute atomic E-state index is 0.0510. The Kier molecular flexibility index (Phi) is 37.2. The molecule has 0 aromatic carbocycles. The lowest BCUT2D eigenvalue weighted by Crippen LogP contribution is -2.61. The Morgan fingerprint density at radius 3 is 1.50 bits per heavy atom. The number of ether oxygens (including phenoxy) is 6. The molecule has 2 rings (SSSR count). The zero-order valence-corrected chi connectivity index (χ0v) is 41.6. The zero-order chi connectivity index (χ0) is 49.5. The van der Waals surface area contributed by atoms with Crippen molar-refractivity contribution in [3.8, 4) is 0 Å². The summed E-state index contributed by atoms with van der Waals surface area (Å²) >= 11 is 0. The molecule has 0 aliphatic carbocycles. The number of aliphatic hydroxyl groups excluding tert-OH is 7. The number of carbonyl (C=O) groups is 1. The second-order valence-electron chi connectivity index (χ2n) is 18.0. The highest BCUT2D eigenvalue weighted by Crippen LogP contribution is 2.26. The lowest BCUT2D eigenvalue weighted by molar-refractivity contribution is -0.332. The van der Waals surface area contributed by atoms with Crippen molar-refractivity contribution >= 4 is 5.97 Å². The summed E-state index contributed by atoms with van der Waals surface area (Å²) < 4.78 is 34.2. The van der Waals surface area contributed by atoms with Crippen LogP contribution in [-0.2, 0) is 33.2 Å². The molecule has 2 aliphatic rings. The predicted molar refractivity (Wildman–Crippen MR) is 265 cm³/mol. The number of allylic oxidation sites excluding steroid dienone is 12. The van der Waals surface area contributed by atoms with Gasteiger partial charge in [0.05, 0.1) is 26.4 Å². The first-order valence-electron chi connectivity index (χ1n) is 26.0. The summed E-state index contributed by atoms with van der Waals surface area (Å²) in [7, 11) is 0. The zero-order valence-electron chi connectivity index (χ0n) is 41.6. The van der Waals surface area contributed by atoms with E-state index in [1.807, 2.05) is 0 Å². The quantitative estimate of drug-likeness (QED) is 0.0177. The van der Waals surface area contributed by atoms with E-state index in [2.05, 4.69) is 86.8 Å². The van der Waals surface area contributed by atoms with Crippen molar-refractivity contribution in [1.29, 1.82) is 0 Å². The maximum absolute atomic E-state index is 12.9. The molecule has 392 valence electrons. The molecule has 0 radical (unpaired) electrons. The van der Waals surface area contributed by atoms with Gasteiger partial charge in [-0.1, -0.05) is 164 Å². The number of rotatable bonds is 40. The van der Waals surface area contributed by atoms with Crippen LogP contribution in [0, 0.1) is 0 Å². The topological polar surface area (TPSA) is 214 Å². The summed E-state index contributed by atoms with van der Waals surface area (Å²) in [6, 6.07) is 0. The number of aliphatic hydroxyl groups is 7. The SMILES string of the molecule is CC/C=C\C/C=C\C/C=C\C/C=C\C/C=C\C/C=C\CCCCCCCCCOCC(COC1OC(COC2OC(CO)C(O)C(O)C2O)C(O)C(O)C1O)OC(=O)CCCCCCCCCC. The smallest absolute Gasteiger partial charge is 0.306 e. The van der Waals surface area contributed by atoms with Crippen LogP contribution in [0.4, 0.5) is 0 Å². The van der Waals surface area contributed by atoms with Crippen LogP contribution in [0.5, 0.6) is 0 Å². The van der Waals surface area contributed by atoms with Crippen LogP contribution in [-0.4, -0.2) is 142 Å². The van der Waals surface area contributed by atoms with Crippen molar-refractivity contribution in [2.45, 2.75) is 229 Å². The van der Waals surface area contributed by atoms with Crippen molar-refractivity contribution in [2.24, 2.45) is 0 Å². The first kappa shape index (κ1) is 61.5. The summed E-state index contributed by atoms with van der Waals surface area (Å²) in [4.78, 5) is 12.9. The van der Waals surface area contributed by atoms with E-state index in [0.717, 1.165) is 89.9 Å². The maximum Gasteiger partial charge on any atom is 0.306 e. The van der Waals surface area contributed by atoms with Gasteiger partial charge in [-0.25, -0.2) is 0 Å². The molecule has 0 bridgehead atoms. The Labute approximate surface area is 408 Å². The predicted octanol–water partition coefficient (Wildman–Crippen LogP) is 7.90. The summed E-state index contributed by atoms with van der Waals surface area (Å²) in [5.41, 5.74) is 0. The fourth-order valence-electron chi connectivity index (χ4n) is 7.76. The Morgan fingerprint density at radius 1 is 0.500 bits per heavy atom. The van der Waals surface area contributed by atoms with Gasteiger partial charge in [0, 0.05) is 13.0 Å². The molecule has 0 saturated carbocycles. The third-order valence-corrected chi connectivity index (χ3v) is 12.0. The van der Waals surface area contributed by atoms with Crippen LogP contribution in [0.3, 0.4) is 0 Å². The van der Waals surface area contributed by atoms with Crippen LogP contribution in [0.25, 0.3) is 0 Å². The molecule has 0 amide bonds. The van der Waals surface area contributed by atoms with Crippen LogP contribution >= 0.6 is 0 Å². The van der Waals surface area contributed by atoms with E-state index >= 15 is 0 Å². The lowest BCUT2D eigenvalue weighted by Gasteiger charge is -2.42. The largest absolute Gasteiger partial charge is 0.457 e. The first-order valence-corrected chi connectivity index (χ1v) is 26.0. The number of carbonyl (C=O) groups excluding carboxylic acids is 1. The molecule has 14 nitrogen and oxygen atoms in total. The Balaban J connectivity index is 1.68. The third kappa shape index (κ3) is 28.3. The third-order valence-electron chi connectivity index (χ3n) is 12.0. The summed E-state index contributed by atoms with van der Waals surface area (Å²) in [5.74, 6) is -0.389. The number of hydrogen-bond acceptors (Lipinski definition) is 14. The van der Waals surface area contributed by atoms with E-state index in [-0.39, 0.29) is 25.6 Å². The van der Waals surface area contributed by atoms with Crippen molar-refractivity contribution in [2.75, 3.05) is 33.0 Å². The van der Waals surface area contributed by atoms with E-state index in [1.54, 1.807) is 0 Å². The molecule has 11 unspecified atom stereocenters. The van der Waals surface area contributed by atoms with Gasteiger partial charge in [0.2, 0.25) is 0 Å². The number of unbranched alkanes of at least 4 members (excludes halogenated alkanes) is 14. The van der Waals surface area contributed by atoms with Crippen molar-refractivity contribution in [3.05, 3.63) is 72.9 Å². The molecule has 2 saturated heterocycles. The van der Waals surface area contributed by atoms with Gasteiger partial charge in [-0.3, -0.25) is 4.79 Å². The standard InChI is InChI=1S/C54H92O14/c1-3-5-7-9-11-13-14-15-16-17-18-19-20-21-22-23-24-25-26-27-28-29-30-32-34-36-38-63-40-43(66-46(56)37-35-33-31-12-10-8-6-4-2)41-64-53-52(62)50(60)48(58)45(68-53)42-65-54-51(61)49(59)47(57)44(39-55)67-54/h5,7,11,13,15-16,18-19,21-22,24-25,43-45,47-55,57-62H,3-4,6,8-10,12,14,17,20,23,26-42H2,1-2H3/b7-5-,13-11-,16-15-,19-18-,22-21-,25-24-. The molecule has 7 N–H and O–H groups in total. The molecule has 0 aromatic rings. The Bertz CT molecular complexity index is 1400. The van der Waals surface area contributed by atoms with Crippen LogP contribution in [0.2, 0.25) is 0 Å². The summed E-state index contributed by atoms with van der Waals surface area (Å²) in [6.45, 7) is 3.49. The molecule has 2 fully saturated rings.